The van der Waals surface area contributed by atoms with Crippen LogP contribution in [0.5, 0.6) is 0 Å². The van der Waals surface area contributed by atoms with Gasteiger partial charge < -0.3 is 20.3 Å². The molecule has 3 heterocycles. The normalized spacial score (nSPS) is 40.5. The Bertz CT molecular complexity index is 688. The van der Waals surface area contributed by atoms with E-state index in [1.54, 1.807) is 0 Å². The topological polar surface area (TPSA) is 114 Å². The Morgan fingerprint density at radius 1 is 1.00 bits per heavy atom. The summed E-state index contributed by atoms with van der Waals surface area (Å²) in [6, 6.07) is -0.317. The van der Waals surface area contributed by atoms with E-state index in [1.165, 1.54) is 19.3 Å². The zero-order valence-corrected chi connectivity index (χ0v) is 20.2. The number of hydrogen-bond acceptors (Lipinski definition) is 8. The molecule has 4 N–H and O–H groups in total. The Kier molecular flexibility index (Phi) is 8.48. The van der Waals surface area contributed by atoms with Gasteiger partial charge in [-0.2, -0.15) is 0 Å². The maximum atomic E-state index is 12.9. The first-order chi connectivity index (χ1) is 15.4. The molecule has 0 aromatic carbocycles. The third-order valence-corrected chi connectivity index (χ3v) is 9.94. The van der Waals surface area contributed by atoms with Crippen molar-refractivity contribution in [2.45, 2.75) is 87.6 Å². The fraction of sp³-hybridized carbons (Fsp3) is 1.00. The van der Waals surface area contributed by atoms with Crippen LogP contribution in [0.1, 0.15) is 51.9 Å². The summed E-state index contributed by atoms with van der Waals surface area (Å²) in [6.07, 6.45) is 5.41. The molecule has 10 heteroatoms. The van der Waals surface area contributed by atoms with Gasteiger partial charge in [0, 0.05) is 32.7 Å². The third kappa shape index (κ3) is 5.66. The molecule has 5 unspecified atom stereocenters. The molecule has 0 spiro atoms. The molecule has 0 bridgehead atoms. The van der Waals surface area contributed by atoms with Gasteiger partial charge in [0.05, 0.1) is 30.2 Å². The molecule has 4 rings (SSSR count). The first kappa shape index (κ1) is 24.8. The highest BCUT2D eigenvalue weighted by Gasteiger charge is 2.47. The maximum Gasteiger partial charge on any atom is 0.214 e. The highest BCUT2D eigenvalue weighted by atomic mass is 32.2. The molecule has 32 heavy (non-hydrogen) atoms. The van der Waals surface area contributed by atoms with Gasteiger partial charge in [-0.05, 0) is 57.4 Å². The monoisotopic (exact) mass is 474 g/mol. The van der Waals surface area contributed by atoms with Crippen LogP contribution >= 0.6 is 0 Å². The van der Waals surface area contributed by atoms with E-state index in [-0.39, 0.29) is 24.4 Å². The molecule has 3 aliphatic heterocycles. The van der Waals surface area contributed by atoms with Gasteiger partial charge in [0.15, 0.2) is 0 Å². The van der Waals surface area contributed by atoms with Crippen LogP contribution in [0.4, 0.5) is 0 Å². The zero-order valence-electron chi connectivity index (χ0n) is 19.4. The molecular formula is C22H42N4O5S. The first-order valence-corrected chi connectivity index (χ1v) is 14.1. The molecule has 0 radical (unpaired) electrons. The van der Waals surface area contributed by atoms with Gasteiger partial charge in [-0.15, -0.1) is 0 Å². The molecular weight excluding hydrogens is 432 g/mol. The molecule has 9 nitrogen and oxygen atoms in total. The van der Waals surface area contributed by atoms with Crippen LogP contribution < -0.4 is 10.0 Å². The van der Waals surface area contributed by atoms with Crippen molar-refractivity contribution in [3.63, 3.8) is 0 Å². The Balaban J connectivity index is 1.35. The van der Waals surface area contributed by atoms with Gasteiger partial charge in [-0.3, -0.25) is 9.80 Å². The molecule has 0 aromatic rings. The van der Waals surface area contributed by atoms with Crippen LogP contribution in [-0.4, -0.2) is 110 Å². The Hall–Kier alpha value is -0.330. The van der Waals surface area contributed by atoms with E-state index >= 15 is 0 Å². The fourth-order valence-electron chi connectivity index (χ4n) is 5.94. The number of piperazine rings is 1. The average molecular weight is 475 g/mol. The standard InChI is InChI=1S/C22H42N4O5S/c1-16-5-7-17(8-6-16)32(29,30)24-14-18-21(22(28)19(15-27)31-18)26-12-10-25(11-13-26)20-4-2-3-9-23-20/h16-24,27-28H,2-15H2,1H3. The molecule has 1 saturated carbocycles. The SMILES string of the molecule is CC1CCC(S(=O)(=O)NCC2OC(CO)C(O)C2N2CCN(C3CCCCN3)CC2)CC1. The largest absolute Gasteiger partial charge is 0.394 e. The van der Waals surface area contributed by atoms with Crippen molar-refractivity contribution in [1.82, 2.24) is 19.8 Å². The Labute approximate surface area is 192 Å². The molecule has 4 aliphatic rings. The lowest BCUT2D eigenvalue weighted by Gasteiger charge is -2.44. The van der Waals surface area contributed by atoms with Crippen molar-refractivity contribution in [2.24, 2.45) is 5.92 Å². The Morgan fingerprint density at radius 3 is 2.31 bits per heavy atom. The summed E-state index contributed by atoms with van der Waals surface area (Å²) in [6.45, 7) is 6.52. The van der Waals surface area contributed by atoms with E-state index in [9.17, 15) is 18.6 Å². The summed E-state index contributed by atoms with van der Waals surface area (Å²) >= 11 is 0. The number of hydrogen-bond donors (Lipinski definition) is 4. The predicted molar refractivity (Wildman–Crippen MR) is 123 cm³/mol. The summed E-state index contributed by atoms with van der Waals surface area (Å²) in [5, 5.41) is 23.8. The van der Waals surface area contributed by atoms with E-state index in [1.807, 2.05) is 0 Å². The number of ether oxygens (including phenoxy) is 1. The summed E-state index contributed by atoms with van der Waals surface area (Å²) in [5.74, 6) is 0.590. The number of aliphatic hydroxyl groups excluding tert-OH is 2. The minimum absolute atomic E-state index is 0.136. The van der Waals surface area contributed by atoms with Crippen LogP contribution in [0.15, 0.2) is 0 Å². The summed E-state index contributed by atoms with van der Waals surface area (Å²) in [5.41, 5.74) is 0. The van der Waals surface area contributed by atoms with Crippen LogP contribution in [0.2, 0.25) is 0 Å². The van der Waals surface area contributed by atoms with Crippen LogP contribution in [0.25, 0.3) is 0 Å². The van der Waals surface area contributed by atoms with E-state index in [0.29, 0.717) is 24.9 Å². The second-order valence-corrected chi connectivity index (χ2v) is 12.2. The van der Waals surface area contributed by atoms with Gasteiger partial charge >= 0.3 is 0 Å². The molecule has 1 aliphatic carbocycles. The Morgan fingerprint density at radius 2 is 1.69 bits per heavy atom. The maximum absolute atomic E-state index is 12.9. The number of nitrogens with one attached hydrogen (secondary N) is 2. The second kappa shape index (κ2) is 10.9. The minimum Gasteiger partial charge on any atom is -0.394 e. The van der Waals surface area contributed by atoms with Crippen LogP contribution in [0, 0.1) is 5.92 Å². The number of rotatable bonds is 7. The second-order valence-electron chi connectivity index (χ2n) is 10.2. The number of nitrogens with zero attached hydrogens (tertiary/aromatic N) is 2. The lowest BCUT2D eigenvalue weighted by atomic mass is 9.91. The van der Waals surface area contributed by atoms with Crippen molar-refractivity contribution >= 4 is 10.0 Å². The van der Waals surface area contributed by atoms with Crippen molar-refractivity contribution in [3.8, 4) is 0 Å². The average Bonchev–Trinajstić information content (AvgIpc) is 3.14. The highest BCUT2D eigenvalue weighted by Crippen LogP contribution is 2.30. The van der Waals surface area contributed by atoms with Crippen molar-refractivity contribution in [3.05, 3.63) is 0 Å². The van der Waals surface area contributed by atoms with Gasteiger partial charge in [-0.1, -0.05) is 6.92 Å². The third-order valence-electron chi connectivity index (χ3n) is 8.02. The summed E-state index contributed by atoms with van der Waals surface area (Å²) in [4.78, 5) is 4.70. The van der Waals surface area contributed by atoms with Gasteiger partial charge in [0.2, 0.25) is 10.0 Å². The van der Waals surface area contributed by atoms with Crippen molar-refractivity contribution in [2.75, 3.05) is 45.9 Å². The molecule has 0 amide bonds. The zero-order chi connectivity index (χ0) is 22.7. The number of piperidine rings is 1. The molecule has 4 fully saturated rings. The van der Waals surface area contributed by atoms with Gasteiger partial charge in [0.1, 0.15) is 12.2 Å². The quantitative estimate of drug-likeness (QED) is 0.397. The number of sulfonamides is 1. The number of aliphatic hydroxyl groups is 2. The van der Waals surface area contributed by atoms with Crippen LogP contribution in [-0.2, 0) is 14.8 Å². The molecule has 186 valence electrons. The van der Waals surface area contributed by atoms with E-state index in [4.69, 9.17) is 4.74 Å². The van der Waals surface area contributed by atoms with Gasteiger partial charge in [0.25, 0.3) is 0 Å². The molecule has 3 saturated heterocycles. The first-order valence-electron chi connectivity index (χ1n) is 12.5. The highest BCUT2D eigenvalue weighted by molar-refractivity contribution is 7.90. The molecule has 0 aromatic heterocycles. The van der Waals surface area contributed by atoms with E-state index in [2.05, 4.69) is 26.8 Å². The summed E-state index contributed by atoms with van der Waals surface area (Å²) in [7, 11) is -3.42. The summed E-state index contributed by atoms with van der Waals surface area (Å²) < 4.78 is 34.5. The van der Waals surface area contributed by atoms with E-state index in [0.717, 1.165) is 45.6 Å². The fourth-order valence-corrected chi connectivity index (χ4v) is 7.47. The predicted octanol–water partition coefficient (Wildman–Crippen LogP) is -0.309. The smallest absolute Gasteiger partial charge is 0.214 e. The van der Waals surface area contributed by atoms with Gasteiger partial charge in [-0.25, -0.2) is 13.1 Å². The van der Waals surface area contributed by atoms with Crippen molar-refractivity contribution < 1.29 is 23.4 Å². The molecule has 5 atom stereocenters. The lowest BCUT2D eigenvalue weighted by molar-refractivity contribution is -0.0201. The minimum atomic E-state index is -3.42. The van der Waals surface area contributed by atoms with Crippen molar-refractivity contribution in [1.29, 1.82) is 0 Å². The lowest BCUT2D eigenvalue weighted by Crippen LogP contribution is -2.61. The van der Waals surface area contributed by atoms with E-state index < -0.39 is 28.3 Å². The van der Waals surface area contributed by atoms with Crippen LogP contribution in [0.3, 0.4) is 0 Å².